The van der Waals surface area contributed by atoms with Gasteiger partial charge >= 0.3 is 0 Å². The minimum absolute atomic E-state index is 0.0985. The number of fused-ring (bicyclic) bond motifs is 3. The molecule has 4 aromatic heterocycles. The van der Waals surface area contributed by atoms with Crippen molar-refractivity contribution in [2.75, 3.05) is 5.32 Å². The first-order valence-corrected chi connectivity index (χ1v) is 10.3. The van der Waals surface area contributed by atoms with Gasteiger partial charge in [0.05, 0.1) is 19.3 Å². The van der Waals surface area contributed by atoms with Crippen molar-refractivity contribution in [2.45, 2.75) is 38.7 Å². The largest absolute Gasteiger partial charge is 0.310 e. The number of hydrogen-bond donors (Lipinski definition) is 1. The lowest BCUT2D eigenvalue weighted by Gasteiger charge is -2.14. The Morgan fingerprint density at radius 2 is 2.06 bits per heavy atom. The quantitative estimate of drug-likeness (QED) is 0.505. The molecule has 0 spiro atoms. The van der Waals surface area contributed by atoms with E-state index in [0.717, 1.165) is 39.7 Å². The number of amides is 1. The first-order chi connectivity index (χ1) is 15.0. The number of carbonyl (C=O) groups is 1. The second kappa shape index (κ2) is 7.41. The molecule has 4 aromatic rings. The molecule has 1 aliphatic carbocycles. The van der Waals surface area contributed by atoms with Gasteiger partial charge in [-0.05, 0) is 36.9 Å². The molecule has 0 saturated heterocycles. The number of nitrogens with zero attached hydrogens (tertiary/aromatic N) is 5. The molecule has 3 unspecified atom stereocenters. The molecule has 3 atom stereocenters. The van der Waals surface area contributed by atoms with E-state index >= 15 is 0 Å². The fraction of sp³-hybridized carbons (Fsp3) is 0.318. The Balaban J connectivity index is 1.58. The third-order valence-corrected chi connectivity index (χ3v) is 5.77. The van der Waals surface area contributed by atoms with Crippen LogP contribution in [0.4, 0.5) is 10.2 Å². The molecule has 154 valence electrons. The van der Waals surface area contributed by atoms with Gasteiger partial charge in [0, 0.05) is 40.7 Å². The van der Waals surface area contributed by atoms with Crippen LogP contribution in [0.3, 0.4) is 0 Å². The van der Waals surface area contributed by atoms with Gasteiger partial charge in [0.15, 0.2) is 5.65 Å². The van der Waals surface area contributed by atoms with Gasteiger partial charge in [0.2, 0.25) is 5.91 Å². The molecule has 1 amide bonds. The first-order valence-electron chi connectivity index (χ1n) is 10.3. The Bertz CT molecular complexity index is 1320. The van der Waals surface area contributed by atoms with E-state index in [0.29, 0.717) is 11.5 Å². The molecule has 0 bridgehead atoms. The van der Waals surface area contributed by atoms with E-state index in [2.05, 4.69) is 25.4 Å². The Morgan fingerprint density at radius 3 is 2.77 bits per heavy atom. The number of aryl methyl sites for hydroxylation is 1. The number of alkyl halides is 1. The normalized spacial score (nSPS) is 18.9. The molecule has 2 radical (unpaired) electrons. The van der Waals surface area contributed by atoms with Crippen molar-refractivity contribution >= 4 is 36.1 Å². The zero-order valence-corrected chi connectivity index (χ0v) is 17.2. The average Bonchev–Trinajstić information content (AvgIpc) is 3.30. The van der Waals surface area contributed by atoms with Crippen LogP contribution in [0.2, 0.25) is 0 Å². The van der Waals surface area contributed by atoms with Crippen LogP contribution >= 0.6 is 0 Å². The molecule has 0 aliphatic heterocycles. The predicted octanol–water partition coefficient (Wildman–Crippen LogP) is 3.56. The summed E-state index contributed by atoms with van der Waals surface area (Å²) < 4.78 is 14.9. The van der Waals surface area contributed by atoms with Gasteiger partial charge in [-0.3, -0.25) is 9.78 Å². The van der Waals surface area contributed by atoms with E-state index in [1.54, 1.807) is 16.8 Å². The highest BCUT2D eigenvalue weighted by atomic mass is 19.1. The molecular formula is C22H20BFN6O. The summed E-state index contributed by atoms with van der Waals surface area (Å²) in [6.45, 7) is 4.05. The standard InChI is InChI=1S/C22H20BFN6O/c1-3-16(23)18-4-11(2)15(9-25-18)13-5-12-8-26-20(29-22(31)14-6-17(14)24)7-19(12)30-21(13)27-10-28-30/h4-5,7-10,14,16-17H,3,6H2,1-2H3,(H,26,29,31). The second-order valence-electron chi connectivity index (χ2n) is 7.97. The number of nitrogens with one attached hydrogen (secondary N) is 1. The topological polar surface area (TPSA) is 85.1 Å². The van der Waals surface area contributed by atoms with Crippen molar-refractivity contribution in [3.63, 3.8) is 0 Å². The number of aromatic nitrogens is 5. The van der Waals surface area contributed by atoms with E-state index in [-0.39, 0.29) is 18.1 Å². The smallest absolute Gasteiger partial charge is 0.231 e. The van der Waals surface area contributed by atoms with Crippen LogP contribution in [-0.2, 0) is 4.79 Å². The summed E-state index contributed by atoms with van der Waals surface area (Å²) in [6, 6.07) is 5.72. The second-order valence-corrected chi connectivity index (χ2v) is 7.97. The van der Waals surface area contributed by atoms with Crippen LogP contribution in [0.5, 0.6) is 0 Å². The molecule has 5 rings (SSSR count). The highest BCUT2D eigenvalue weighted by Gasteiger charge is 2.43. The Morgan fingerprint density at radius 1 is 1.26 bits per heavy atom. The zero-order valence-electron chi connectivity index (χ0n) is 17.2. The molecule has 1 saturated carbocycles. The monoisotopic (exact) mass is 414 g/mol. The Labute approximate surface area is 179 Å². The van der Waals surface area contributed by atoms with Crippen molar-refractivity contribution in [1.29, 1.82) is 0 Å². The third-order valence-electron chi connectivity index (χ3n) is 5.77. The Kier molecular flexibility index (Phi) is 4.68. The van der Waals surface area contributed by atoms with Crippen molar-refractivity contribution < 1.29 is 9.18 Å². The molecule has 1 aliphatic rings. The van der Waals surface area contributed by atoms with Crippen molar-refractivity contribution in [1.82, 2.24) is 24.6 Å². The summed E-state index contributed by atoms with van der Waals surface area (Å²) in [5, 5.41) is 7.88. The highest BCUT2D eigenvalue weighted by Crippen LogP contribution is 2.35. The summed E-state index contributed by atoms with van der Waals surface area (Å²) in [5.74, 6) is -0.668. The van der Waals surface area contributed by atoms with Gasteiger partial charge in [0.25, 0.3) is 0 Å². The molecule has 0 aromatic carbocycles. The SMILES string of the molecule is [B]C(CC)c1cc(C)c(-c2cc3cnc(NC(=O)C4CC4F)cc3n3ncnc23)cn1. The summed E-state index contributed by atoms with van der Waals surface area (Å²) >= 11 is 0. The third kappa shape index (κ3) is 3.43. The fourth-order valence-electron chi connectivity index (χ4n) is 3.76. The molecule has 1 N–H and O–H groups in total. The van der Waals surface area contributed by atoms with Crippen LogP contribution in [-0.4, -0.2) is 44.5 Å². The number of hydrogen-bond acceptors (Lipinski definition) is 5. The van der Waals surface area contributed by atoms with Crippen LogP contribution in [0, 0.1) is 12.8 Å². The Hall–Kier alpha value is -3.36. The van der Waals surface area contributed by atoms with Crippen molar-refractivity contribution in [2.24, 2.45) is 5.92 Å². The zero-order chi connectivity index (χ0) is 21.7. The molecule has 31 heavy (non-hydrogen) atoms. The van der Waals surface area contributed by atoms with Gasteiger partial charge in [-0.1, -0.05) is 13.3 Å². The van der Waals surface area contributed by atoms with Gasteiger partial charge in [-0.25, -0.2) is 18.9 Å². The predicted molar refractivity (Wildman–Crippen MR) is 117 cm³/mol. The van der Waals surface area contributed by atoms with Crippen LogP contribution in [0.15, 0.2) is 36.9 Å². The van der Waals surface area contributed by atoms with Crippen LogP contribution in [0.25, 0.3) is 27.7 Å². The first kappa shape index (κ1) is 19.6. The van der Waals surface area contributed by atoms with E-state index in [4.69, 9.17) is 7.85 Å². The van der Waals surface area contributed by atoms with Gasteiger partial charge in [-0.15, -0.1) is 0 Å². The summed E-state index contributed by atoms with van der Waals surface area (Å²) in [4.78, 5) is 25.4. The van der Waals surface area contributed by atoms with E-state index in [1.807, 2.05) is 32.2 Å². The van der Waals surface area contributed by atoms with E-state index in [1.165, 1.54) is 6.33 Å². The summed E-state index contributed by atoms with van der Waals surface area (Å²) in [7, 11) is 6.13. The van der Waals surface area contributed by atoms with Gasteiger partial charge < -0.3 is 5.32 Å². The number of rotatable bonds is 5. The molecular weight excluding hydrogens is 394 g/mol. The lowest BCUT2D eigenvalue weighted by molar-refractivity contribution is -0.117. The number of halogens is 1. The summed E-state index contributed by atoms with van der Waals surface area (Å²) in [6.07, 6.45) is 5.00. The number of pyridine rings is 3. The van der Waals surface area contributed by atoms with Crippen LogP contribution < -0.4 is 5.32 Å². The van der Waals surface area contributed by atoms with Crippen molar-refractivity contribution in [3.8, 4) is 11.1 Å². The minimum Gasteiger partial charge on any atom is -0.310 e. The lowest BCUT2D eigenvalue weighted by atomic mass is 9.81. The molecule has 7 nitrogen and oxygen atoms in total. The van der Waals surface area contributed by atoms with E-state index < -0.39 is 12.1 Å². The summed E-state index contributed by atoms with van der Waals surface area (Å²) in [5.41, 5.74) is 5.12. The van der Waals surface area contributed by atoms with Crippen molar-refractivity contribution in [3.05, 3.63) is 48.2 Å². The van der Waals surface area contributed by atoms with Gasteiger partial charge in [0.1, 0.15) is 18.3 Å². The fourth-order valence-corrected chi connectivity index (χ4v) is 3.76. The molecule has 9 heteroatoms. The lowest BCUT2D eigenvalue weighted by Crippen LogP contribution is -2.16. The maximum Gasteiger partial charge on any atom is 0.231 e. The highest BCUT2D eigenvalue weighted by molar-refractivity contribution is 6.12. The molecule has 1 fully saturated rings. The van der Waals surface area contributed by atoms with Crippen LogP contribution in [0.1, 0.15) is 36.8 Å². The maximum atomic E-state index is 13.2. The average molecular weight is 414 g/mol. The molecule has 4 heterocycles. The minimum atomic E-state index is -1.06. The number of anilines is 1. The van der Waals surface area contributed by atoms with Gasteiger partial charge in [-0.2, -0.15) is 5.10 Å². The number of carbonyl (C=O) groups excluding carboxylic acids is 1. The van der Waals surface area contributed by atoms with E-state index in [9.17, 15) is 9.18 Å². The maximum absolute atomic E-state index is 13.2.